The lowest BCUT2D eigenvalue weighted by atomic mass is 9.77. The first-order chi connectivity index (χ1) is 11.2. The average molecular weight is 333 g/mol. The number of ether oxygens (including phenoxy) is 1. The van der Waals surface area contributed by atoms with Gasteiger partial charge in [0.15, 0.2) is 0 Å². The quantitative estimate of drug-likeness (QED) is 0.888. The van der Waals surface area contributed by atoms with E-state index in [4.69, 9.17) is 10.5 Å². The van der Waals surface area contributed by atoms with Crippen molar-refractivity contribution in [2.24, 2.45) is 5.73 Å². The molecule has 134 valence electrons. The van der Waals surface area contributed by atoms with E-state index >= 15 is 0 Å². The number of hydrogen-bond donors (Lipinski definition) is 2. The minimum Gasteiger partial charge on any atom is -0.494 e. The Morgan fingerprint density at radius 3 is 2.25 bits per heavy atom. The Labute approximate surface area is 145 Å². The van der Waals surface area contributed by atoms with Crippen LogP contribution < -0.4 is 15.8 Å². The van der Waals surface area contributed by atoms with Gasteiger partial charge in [-0.25, -0.2) is 4.79 Å². The molecule has 24 heavy (non-hydrogen) atoms. The standard InChI is InChI=1S/C19H31N3O2/c1-6-24-16-9-7-14(8-10-16)13-21-17(23)22-18(2,3)11-15(20)12-19(22,4)5/h7-10,15H,6,11-13,20H2,1-5H3,(H,21,23). The zero-order chi connectivity index (χ0) is 18.0. The number of piperidine rings is 1. The second-order valence-corrected chi connectivity index (χ2v) is 7.86. The van der Waals surface area contributed by atoms with Crippen molar-refractivity contribution in [2.45, 2.75) is 71.1 Å². The Kier molecular flexibility index (Phi) is 5.43. The van der Waals surface area contributed by atoms with E-state index in [1.54, 1.807) is 0 Å². The summed E-state index contributed by atoms with van der Waals surface area (Å²) in [5.74, 6) is 0.847. The first kappa shape index (κ1) is 18.6. The van der Waals surface area contributed by atoms with Crippen molar-refractivity contribution in [2.75, 3.05) is 6.61 Å². The minimum absolute atomic E-state index is 0.0363. The third-order valence-corrected chi connectivity index (χ3v) is 4.62. The van der Waals surface area contributed by atoms with Crippen LogP contribution in [0.3, 0.4) is 0 Å². The summed E-state index contributed by atoms with van der Waals surface area (Å²) < 4.78 is 5.44. The van der Waals surface area contributed by atoms with Gasteiger partial charge in [0.05, 0.1) is 6.61 Å². The van der Waals surface area contributed by atoms with Gasteiger partial charge in [-0.1, -0.05) is 12.1 Å². The van der Waals surface area contributed by atoms with E-state index in [0.29, 0.717) is 13.2 Å². The van der Waals surface area contributed by atoms with Crippen molar-refractivity contribution in [3.8, 4) is 5.75 Å². The molecule has 0 unspecified atom stereocenters. The Balaban J connectivity index is 2.02. The molecular weight excluding hydrogens is 302 g/mol. The zero-order valence-electron chi connectivity index (χ0n) is 15.6. The minimum atomic E-state index is -0.260. The number of benzene rings is 1. The molecule has 1 aromatic carbocycles. The molecule has 0 spiro atoms. The number of nitrogens with two attached hydrogens (primary N) is 1. The summed E-state index contributed by atoms with van der Waals surface area (Å²) in [4.78, 5) is 14.8. The van der Waals surface area contributed by atoms with Crippen LogP contribution >= 0.6 is 0 Å². The lowest BCUT2D eigenvalue weighted by molar-refractivity contribution is 0.00299. The topological polar surface area (TPSA) is 67.6 Å². The lowest BCUT2D eigenvalue weighted by Gasteiger charge is -2.54. The SMILES string of the molecule is CCOc1ccc(CNC(=O)N2C(C)(C)CC(N)CC2(C)C)cc1. The van der Waals surface area contributed by atoms with Crippen LogP contribution in [0, 0.1) is 0 Å². The van der Waals surface area contributed by atoms with Crippen LogP contribution in [0.4, 0.5) is 4.79 Å². The van der Waals surface area contributed by atoms with Gasteiger partial charge in [0.25, 0.3) is 0 Å². The summed E-state index contributed by atoms with van der Waals surface area (Å²) in [5.41, 5.74) is 6.71. The molecule has 1 aliphatic rings. The van der Waals surface area contributed by atoms with E-state index in [1.165, 1.54) is 0 Å². The number of likely N-dealkylation sites (tertiary alicyclic amines) is 1. The number of urea groups is 1. The second kappa shape index (κ2) is 7.01. The maximum absolute atomic E-state index is 12.8. The summed E-state index contributed by atoms with van der Waals surface area (Å²) in [6.45, 7) is 11.5. The van der Waals surface area contributed by atoms with Crippen LogP contribution in [0.5, 0.6) is 5.75 Å². The monoisotopic (exact) mass is 333 g/mol. The van der Waals surface area contributed by atoms with E-state index in [9.17, 15) is 4.79 Å². The summed E-state index contributed by atoms with van der Waals surface area (Å²) in [7, 11) is 0. The van der Waals surface area contributed by atoms with Gasteiger partial charge in [-0.15, -0.1) is 0 Å². The summed E-state index contributed by atoms with van der Waals surface area (Å²) in [6.07, 6.45) is 1.62. The smallest absolute Gasteiger partial charge is 0.318 e. The molecule has 0 radical (unpaired) electrons. The van der Waals surface area contributed by atoms with Gasteiger partial charge in [-0.05, 0) is 65.2 Å². The highest BCUT2D eigenvalue weighted by atomic mass is 16.5. The highest BCUT2D eigenvalue weighted by Gasteiger charge is 2.46. The van der Waals surface area contributed by atoms with Gasteiger partial charge < -0.3 is 20.7 Å². The molecule has 5 nitrogen and oxygen atoms in total. The van der Waals surface area contributed by atoms with Crippen molar-refractivity contribution in [3.05, 3.63) is 29.8 Å². The number of amides is 2. The van der Waals surface area contributed by atoms with E-state index in [2.05, 4.69) is 33.0 Å². The lowest BCUT2D eigenvalue weighted by Crippen LogP contribution is -2.66. The molecule has 0 bridgehead atoms. The molecule has 2 amide bonds. The van der Waals surface area contributed by atoms with Gasteiger partial charge in [-0.3, -0.25) is 0 Å². The Hall–Kier alpha value is -1.75. The number of hydrogen-bond acceptors (Lipinski definition) is 3. The molecule has 1 saturated heterocycles. The highest BCUT2D eigenvalue weighted by molar-refractivity contribution is 5.76. The predicted molar refractivity (Wildman–Crippen MR) is 97.1 cm³/mol. The molecule has 0 saturated carbocycles. The number of nitrogens with zero attached hydrogens (tertiary/aromatic N) is 1. The zero-order valence-corrected chi connectivity index (χ0v) is 15.6. The predicted octanol–water partition coefficient (Wildman–Crippen LogP) is 3.28. The maximum atomic E-state index is 12.8. The molecule has 3 N–H and O–H groups in total. The van der Waals surface area contributed by atoms with Gasteiger partial charge in [-0.2, -0.15) is 0 Å². The summed E-state index contributed by atoms with van der Waals surface area (Å²) in [5, 5.41) is 3.05. The van der Waals surface area contributed by atoms with Crippen LogP contribution in [-0.2, 0) is 6.54 Å². The molecule has 5 heteroatoms. The molecule has 1 aliphatic heterocycles. The first-order valence-electron chi connectivity index (χ1n) is 8.71. The van der Waals surface area contributed by atoms with Gasteiger partial charge in [0, 0.05) is 23.7 Å². The third kappa shape index (κ3) is 4.20. The third-order valence-electron chi connectivity index (χ3n) is 4.62. The van der Waals surface area contributed by atoms with Gasteiger partial charge in [0.1, 0.15) is 5.75 Å². The highest BCUT2D eigenvalue weighted by Crippen LogP contribution is 2.37. The van der Waals surface area contributed by atoms with Crippen LogP contribution in [0.1, 0.15) is 53.0 Å². The molecule has 0 aliphatic carbocycles. The van der Waals surface area contributed by atoms with Crippen molar-refractivity contribution in [1.82, 2.24) is 10.2 Å². The van der Waals surface area contributed by atoms with Crippen molar-refractivity contribution in [3.63, 3.8) is 0 Å². The van der Waals surface area contributed by atoms with E-state index in [1.807, 2.05) is 36.1 Å². The Bertz CT molecular complexity index is 548. The normalized spacial score (nSPS) is 19.8. The fourth-order valence-corrected chi connectivity index (χ4v) is 4.03. The van der Waals surface area contributed by atoms with Crippen molar-refractivity contribution < 1.29 is 9.53 Å². The van der Waals surface area contributed by atoms with E-state index < -0.39 is 0 Å². The van der Waals surface area contributed by atoms with Crippen molar-refractivity contribution >= 4 is 6.03 Å². The van der Waals surface area contributed by atoms with E-state index in [0.717, 1.165) is 24.2 Å². The molecule has 0 atom stereocenters. The van der Waals surface area contributed by atoms with Crippen LogP contribution in [0.15, 0.2) is 24.3 Å². The second-order valence-electron chi connectivity index (χ2n) is 7.86. The number of carbonyl (C=O) groups excluding carboxylic acids is 1. The number of rotatable bonds is 4. The average Bonchev–Trinajstić information content (AvgIpc) is 2.43. The molecule has 1 fully saturated rings. The van der Waals surface area contributed by atoms with Crippen molar-refractivity contribution in [1.29, 1.82) is 0 Å². The first-order valence-corrected chi connectivity index (χ1v) is 8.71. The Morgan fingerprint density at radius 2 is 1.75 bits per heavy atom. The van der Waals surface area contributed by atoms with Crippen LogP contribution in [0.2, 0.25) is 0 Å². The molecular formula is C19H31N3O2. The van der Waals surface area contributed by atoms with Gasteiger partial charge >= 0.3 is 6.03 Å². The number of carbonyl (C=O) groups is 1. The maximum Gasteiger partial charge on any atom is 0.318 e. The Morgan fingerprint density at radius 1 is 1.21 bits per heavy atom. The van der Waals surface area contributed by atoms with Crippen LogP contribution in [-0.4, -0.2) is 34.7 Å². The molecule has 0 aromatic heterocycles. The fourth-order valence-electron chi connectivity index (χ4n) is 4.03. The van der Waals surface area contributed by atoms with Gasteiger partial charge in [0.2, 0.25) is 0 Å². The molecule has 2 rings (SSSR count). The largest absolute Gasteiger partial charge is 0.494 e. The van der Waals surface area contributed by atoms with Crippen LogP contribution in [0.25, 0.3) is 0 Å². The summed E-state index contributed by atoms with van der Waals surface area (Å²) in [6, 6.07) is 7.91. The fraction of sp³-hybridized carbons (Fsp3) is 0.632. The van der Waals surface area contributed by atoms with E-state index in [-0.39, 0.29) is 23.2 Å². The summed E-state index contributed by atoms with van der Waals surface area (Å²) >= 11 is 0. The molecule has 1 aromatic rings. The molecule has 1 heterocycles. The number of nitrogens with one attached hydrogen (secondary N) is 1.